The third kappa shape index (κ3) is 7.14. The first-order valence-electron chi connectivity index (χ1n) is 9.71. The normalized spacial score (nSPS) is 15.6. The van der Waals surface area contributed by atoms with Gasteiger partial charge in [0.25, 0.3) is 0 Å². The molecule has 26 heavy (non-hydrogen) atoms. The van der Waals surface area contributed by atoms with E-state index in [1.807, 2.05) is 45.0 Å². The van der Waals surface area contributed by atoms with Crippen LogP contribution in [-0.4, -0.2) is 42.9 Å². The van der Waals surface area contributed by atoms with Crippen LogP contribution in [0.25, 0.3) is 0 Å². The predicted octanol–water partition coefficient (Wildman–Crippen LogP) is 4.89. The van der Waals surface area contributed by atoms with Crippen LogP contribution in [0.3, 0.4) is 0 Å². The minimum Gasteiger partial charge on any atom is -0.493 e. The molecule has 1 heterocycles. The van der Waals surface area contributed by atoms with Crippen LogP contribution < -0.4 is 9.47 Å². The molecule has 1 aromatic rings. The maximum absolute atomic E-state index is 12.1. The van der Waals surface area contributed by atoms with Gasteiger partial charge in [-0.2, -0.15) is 0 Å². The molecule has 1 aromatic carbocycles. The summed E-state index contributed by atoms with van der Waals surface area (Å²) in [6.45, 7) is 10.7. The van der Waals surface area contributed by atoms with Crippen LogP contribution in [0.4, 0.5) is 4.79 Å². The maximum atomic E-state index is 12.1. The number of unbranched alkanes of at least 4 members (excludes halogenated alkanes) is 1. The molecule has 0 aliphatic carbocycles. The van der Waals surface area contributed by atoms with Gasteiger partial charge in [-0.05, 0) is 58.1 Å². The van der Waals surface area contributed by atoms with Crippen LogP contribution in [0.15, 0.2) is 24.3 Å². The summed E-state index contributed by atoms with van der Waals surface area (Å²) in [5.74, 6) is 2.16. The number of ether oxygens (including phenoxy) is 3. The van der Waals surface area contributed by atoms with Gasteiger partial charge in [0.2, 0.25) is 0 Å². The summed E-state index contributed by atoms with van der Waals surface area (Å²) in [7, 11) is 0. The third-order valence-corrected chi connectivity index (χ3v) is 4.32. The molecule has 146 valence electrons. The third-order valence-electron chi connectivity index (χ3n) is 4.32. The summed E-state index contributed by atoms with van der Waals surface area (Å²) >= 11 is 0. The maximum Gasteiger partial charge on any atom is 0.410 e. The molecule has 1 fully saturated rings. The van der Waals surface area contributed by atoms with Gasteiger partial charge in [0.15, 0.2) is 0 Å². The van der Waals surface area contributed by atoms with Crippen molar-refractivity contribution in [2.24, 2.45) is 5.92 Å². The van der Waals surface area contributed by atoms with Gasteiger partial charge in [-0.15, -0.1) is 0 Å². The van der Waals surface area contributed by atoms with Crippen LogP contribution in [0, 0.1) is 5.92 Å². The van der Waals surface area contributed by atoms with Crippen molar-refractivity contribution < 1.29 is 19.0 Å². The standard InChI is InChI=1S/C21H33NO4/c1-5-6-14-24-18-8-7-9-19(15-18)25-16-17-10-12-22(13-11-17)20(23)26-21(2,3)4/h7-9,15,17H,5-6,10-14,16H2,1-4H3. The molecular weight excluding hydrogens is 330 g/mol. The van der Waals surface area contributed by atoms with Gasteiger partial charge in [0.1, 0.15) is 17.1 Å². The van der Waals surface area contributed by atoms with E-state index in [9.17, 15) is 4.79 Å². The summed E-state index contributed by atoms with van der Waals surface area (Å²) in [5, 5.41) is 0. The largest absolute Gasteiger partial charge is 0.493 e. The SMILES string of the molecule is CCCCOc1cccc(OCC2CCN(C(=O)OC(C)(C)C)CC2)c1. The van der Waals surface area contributed by atoms with Crippen molar-refractivity contribution in [3.63, 3.8) is 0 Å². The van der Waals surface area contributed by atoms with Gasteiger partial charge in [-0.3, -0.25) is 0 Å². The molecule has 5 nitrogen and oxygen atoms in total. The lowest BCUT2D eigenvalue weighted by atomic mass is 9.98. The summed E-state index contributed by atoms with van der Waals surface area (Å²) in [6, 6.07) is 7.83. The molecule has 0 N–H and O–H groups in total. The highest BCUT2D eigenvalue weighted by Crippen LogP contribution is 2.23. The Kier molecular flexibility index (Phi) is 7.61. The van der Waals surface area contributed by atoms with E-state index in [1.165, 1.54) is 0 Å². The quantitative estimate of drug-likeness (QED) is 0.647. The Morgan fingerprint density at radius 3 is 2.42 bits per heavy atom. The van der Waals surface area contributed by atoms with Gasteiger partial charge in [0.05, 0.1) is 13.2 Å². The lowest BCUT2D eigenvalue weighted by Gasteiger charge is -2.33. The van der Waals surface area contributed by atoms with Crippen molar-refractivity contribution in [2.75, 3.05) is 26.3 Å². The van der Waals surface area contributed by atoms with Gasteiger partial charge in [-0.1, -0.05) is 19.4 Å². The number of benzene rings is 1. The zero-order chi connectivity index (χ0) is 19.0. The van der Waals surface area contributed by atoms with Crippen molar-refractivity contribution in [3.8, 4) is 11.5 Å². The first kappa shape index (κ1) is 20.4. The lowest BCUT2D eigenvalue weighted by molar-refractivity contribution is 0.0165. The molecular formula is C21H33NO4. The van der Waals surface area contributed by atoms with Gasteiger partial charge in [-0.25, -0.2) is 4.79 Å². The van der Waals surface area contributed by atoms with Crippen molar-refractivity contribution >= 4 is 6.09 Å². The second-order valence-corrected chi connectivity index (χ2v) is 7.90. The highest BCUT2D eigenvalue weighted by molar-refractivity contribution is 5.68. The minimum atomic E-state index is -0.443. The number of nitrogens with zero attached hydrogens (tertiary/aromatic N) is 1. The number of carbonyl (C=O) groups is 1. The topological polar surface area (TPSA) is 48.0 Å². The summed E-state index contributed by atoms with van der Waals surface area (Å²) in [6.07, 6.45) is 3.84. The Balaban J connectivity index is 1.73. The molecule has 1 aliphatic rings. The minimum absolute atomic E-state index is 0.214. The van der Waals surface area contributed by atoms with Crippen LogP contribution in [-0.2, 0) is 4.74 Å². The molecule has 0 unspecified atom stereocenters. The average Bonchev–Trinajstić information content (AvgIpc) is 2.59. The number of hydrogen-bond donors (Lipinski definition) is 0. The Morgan fingerprint density at radius 2 is 1.81 bits per heavy atom. The number of amides is 1. The second kappa shape index (κ2) is 9.70. The molecule has 5 heteroatoms. The molecule has 0 aromatic heterocycles. The summed E-state index contributed by atoms with van der Waals surface area (Å²) in [4.78, 5) is 13.9. The van der Waals surface area contributed by atoms with E-state index < -0.39 is 5.60 Å². The van der Waals surface area contributed by atoms with Gasteiger partial charge >= 0.3 is 6.09 Å². The van der Waals surface area contributed by atoms with E-state index >= 15 is 0 Å². The van der Waals surface area contributed by atoms with Crippen LogP contribution in [0.1, 0.15) is 53.4 Å². The molecule has 1 amide bonds. The van der Waals surface area contributed by atoms with Crippen LogP contribution in [0.2, 0.25) is 0 Å². The van der Waals surface area contributed by atoms with Crippen molar-refractivity contribution in [1.82, 2.24) is 4.90 Å². The summed E-state index contributed by atoms with van der Waals surface area (Å²) in [5.41, 5.74) is -0.443. The zero-order valence-corrected chi connectivity index (χ0v) is 16.6. The molecule has 0 atom stereocenters. The summed E-state index contributed by atoms with van der Waals surface area (Å²) < 4.78 is 17.1. The van der Waals surface area contributed by atoms with E-state index in [-0.39, 0.29) is 6.09 Å². The Hall–Kier alpha value is -1.91. The van der Waals surface area contributed by atoms with Crippen molar-refractivity contribution in [1.29, 1.82) is 0 Å². The number of carbonyl (C=O) groups excluding carboxylic acids is 1. The number of hydrogen-bond acceptors (Lipinski definition) is 4. The van der Waals surface area contributed by atoms with E-state index in [0.717, 1.165) is 56.9 Å². The molecule has 0 saturated carbocycles. The molecule has 2 rings (SSSR count). The predicted molar refractivity (Wildman–Crippen MR) is 103 cm³/mol. The lowest BCUT2D eigenvalue weighted by Crippen LogP contribution is -2.42. The second-order valence-electron chi connectivity index (χ2n) is 7.90. The Morgan fingerprint density at radius 1 is 1.15 bits per heavy atom. The van der Waals surface area contributed by atoms with Gasteiger partial charge in [0, 0.05) is 19.2 Å². The smallest absolute Gasteiger partial charge is 0.410 e. The highest BCUT2D eigenvalue weighted by Gasteiger charge is 2.27. The monoisotopic (exact) mass is 363 g/mol. The zero-order valence-electron chi connectivity index (χ0n) is 16.6. The number of rotatable bonds is 7. The molecule has 1 aliphatic heterocycles. The van der Waals surface area contributed by atoms with Crippen molar-refractivity contribution in [3.05, 3.63) is 24.3 Å². The molecule has 0 spiro atoms. The molecule has 1 saturated heterocycles. The van der Waals surface area contributed by atoms with Gasteiger partial charge < -0.3 is 19.1 Å². The fraction of sp³-hybridized carbons (Fsp3) is 0.667. The highest BCUT2D eigenvalue weighted by atomic mass is 16.6. The van der Waals surface area contributed by atoms with E-state index in [2.05, 4.69) is 6.92 Å². The first-order valence-corrected chi connectivity index (χ1v) is 9.71. The Labute approximate surface area is 157 Å². The number of likely N-dealkylation sites (tertiary alicyclic amines) is 1. The Bertz CT molecular complexity index is 559. The van der Waals surface area contributed by atoms with Crippen LogP contribution in [0.5, 0.6) is 11.5 Å². The van der Waals surface area contributed by atoms with Crippen LogP contribution >= 0.6 is 0 Å². The molecule has 0 bridgehead atoms. The number of piperidine rings is 1. The molecule has 0 radical (unpaired) electrons. The van der Waals surface area contributed by atoms with E-state index in [0.29, 0.717) is 12.5 Å². The fourth-order valence-corrected chi connectivity index (χ4v) is 2.81. The first-order chi connectivity index (χ1) is 12.4. The fourth-order valence-electron chi connectivity index (χ4n) is 2.81. The van der Waals surface area contributed by atoms with E-state index in [4.69, 9.17) is 14.2 Å². The van der Waals surface area contributed by atoms with Crippen molar-refractivity contribution in [2.45, 2.75) is 59.0 Å². The van der Waals surface area contributed by atoms with E-state index in [1.54, 1.807) is 4.90 Å². The average molecular weight is 363 g/mol.